The van der Waals surface area contributed by atoms with Gasteiger partial charge in [-0.15, -0.1) is 11.3 Å². The predicted molar refractivity (Wildman–Crippen MR) is 91.6 cm³/mol. The Hall–Kier alpha value is -1.41. The zero-order chi connectivity index (χ0) is 17.0. The lowest BCUT2D eigenvalue weighted by atomic mass is 10.1. The van der Waals surface area contributed by atoms with E-state index in [-0.39, 0.29) is 11.4 Å². The van der Waals surface area contributed by atoms with Crippen molar-refractivity contribution in [3.8, 4) is 5.75 Å². The van der Waals surface area contributed by atoms with Crippen LogP contribution in [0.2, 0.25) is 0 Å². The van der Waals surface area contributed by atoms with Crippen molar-refractivity contribution in [2.75, 3.05) is 13.2 Å². The van der Waals surface area contributed by atoms with E-state index in [2.05, 4.69) is 4.72 Å². The van der Waals surface area contributed by atoms with Crippen LogP contribution in [0.1, 0.15) is 29.0 Å². The first kappa shape index (κ1) is 17.9. The molecule has 1 aromatic heterocycles. The number of ether oxygens (including phenoxy) is 1. The summed E-state index contributed by atoms with van der Waals surface area (Å²) >= 11 is 1.39. The van der Waals surface area contributed by atoms with Gasteiger partial charge < -0.3 is 9.84 Å². The molecule has 1 heterocycles. The average Bonchev–Trinajstić information content (AvgIpc) is 3.03. The van der Waals surface area contributed by atoms with E-state index in [9.17, 15) is 13.5 Å². The highest BCUT2D eigenvalue weighted by atomic mass is 32.2. The van der Waals surface area contributed by atoms with Gasteiger partial charge in [-0.25, -0.2) is 13.1 Å². The molecule has 0 aliphatic rings. The van der Waals surface area contributed by atoms with Gasteiger partial charge in [0.25, 0.3) is 0 Å². The number of aryl methyl sites for hydroxylation is 2. The Labute approximate surface area is 141 Å². The van der Waals surface area contributed by atoms with Gasteiger partial charge in [0.05, 0.1) is 11.5 Å². The van der Waals surface area contributed by atoms with Crippen molar-refractivity contribution in [1.82, 2.24) is 4.72 Å². The quantitative estimate of drug-likeness (QED) is 0.801. The molecule has 1 atom stereocenters. The van der Waals surface area contributed by atoms with Crippen molar-refractivity contribution < 1.29 is 18.3 Å². The molecule has 0 spiro atoms. The summed E-state index contributed by atoms with van der Waals surface area (Å²) in [6.07, 6.45) is -0.853. The third-order valence-corrected chi connectivity index (χ3v) is 5.94. The Morgan fingerprint density at radius 2 is 2.04 bits per heavy atom. The van der Waals surface area contributed by atoms with Gasteiger partial charge in [0.15, 0.2) is 0 Å². The van der Waals surface area contributed by atoms with Gasteiger partial charge in [-0.05, 0) is 55.5 Å². The SMILES string of the molecule is CCOc1cc(C)c(S(=O)(=O)NCC(O)c2cccs2)cc1C. The summed E-state index contributed by atoms with van der Waals surface area (Å²) in [7, 11) is -3.69. The number of rotatable bonds is 7. The van der Waals surface area contributed by atoms with Gasteiger partial charge in [0.2, 0.25) is 10.0 Å². The van der Waals surface area contributed by atoms with Gasteiger partial charge in [-0.1, -0.05) is 6.07 Å². The summed E-state index contributed by atoms with van der Waals surface area (Å²) in [5, 5.41) is 11.9. The molecule has 0 aliphatic carbocycles. The van der Waals surface area contributed by atoms with Crippen molar-refractivity contribution >= 4 is 21.4 Å². The summed E-state index contributed by atoms with van der Waals surface area (Å²) in [5.74, 6) is 0.683. The van der Waals surface area contributed by atoms with Gasteiger partial charge in [0, 0.05) is 11.4 Å². The van der Waals surface area contributed by atoms with Crippen molar-refractivity contribution in [3.63, 3.8) is 0 Å². The number of aliphatic hydroxyl groups excluding tert-OH is 1. The van der Waals surface area contributed by atoms with E-state index in [1.165, 1.54) is 11.3 Å². The van der Waals surface area contributed by atoms with E-state index >= 15 is 0 Å². The first-order valence-electron chi connectivity index (χ1n) is 7.30. The molecule has 2 N–H and O–H groups in total. The van der Waals surface area contributed by atoms with E-state index in [1.54, 1.807) is 25.1 Å². The molecule has 126 valence electrons. The van der Waals surface area contributed by atoms with Crippen molar-refractivity contribution in [3.05, 3.63) is 45.6 Å². The van der Waals surface area contributed by atoms with Gasteiger partial charge in [-0.3, -0.25) is 0 Å². The minimum absolute atomic E-state index is 0.0610. The Morgan fingerprint density at radius 1 is 1.30 bits per heavy atom. The third kappa shape index (κ3) is 4.32. The second kappa shape index (κ2) is 7.44. The Kier molecular flexibility index (Phi) is 5.80. The van der Waals surface area contributed by atoms with Crippen LogP contribution in [-0.2, 0) is 10.0 Å². The molecule has 1 aromatic carbocycles. The second-order valence-electron chi connectivity index (χ2n) is 5.20. The molecule has 5 nitrogen and oxygen atoms in total. The molecule has 0 bridgehead atoms. The molecule has 2 aromatic rings. The van der Waals surface area contributed by atoms with Crippen molar-refractivity contribution in [2.45, 2.75) is 31.8 Å². The molecule has 0 radical (unpaired) electrons. The summed E-state index contributed by atoms with van der Waals surface area (Å²) < 4.78 is 32.9. The highest BCUT2D eigenvalue weighted by Crippen LogP contribution is 2.26. The average molecular weight is 355 g/mol. The maximum Gasteiger partial charge on any atom is 0.240 e. The number of nitrogens with one attached hydrogen (secondary N) is 1. The van der Waals surface area contributed by atoms with Crippen LogP contribution in [0.3, 0.4) is 0 Å². The predicted octanol–water partition coefficient (Wildman–Crippen LogP) is 2.78. The normalized spacial score (nSPS) is 13.0. The van der Waals surface area contributed by atoms with Crippen LogP contribution in [0.5, 0.6) is 5.75 Å². The fourth-order valence-corrected chi connectivity index (χ4v) is 4.27. The van der Waals surface area contributed by atoms with E-state index < -0.39 is 16.1 Å². The fraction of sp³-hybridized carbons (Fsp3) is 0.375. The Balaban J connectivity index is 2.17. The van der Waals surface area contributed by atoms with Crippen molar-refractivity contribution in [2.24, 2.45) is 0 Å². The molecule has 2 rings (SSSR count). The zero-order valence-electron chi connectivity index (χ0n) is 13.4. The molecular formula is C16H21NO4S2. The van der Waals surface area contributed by atoms with E-state index in [0.717, 1.165) is 10.4 Å². The topological polar surface area (TPSA) is 75.6 Å². The molecule has 1 unspecified atom stereocenters. The smallest absolute Gasteiger partial charge is 0.240 e. The minimum Gasteiger partial charge on any atom is -0.494 e. The van der Waals surface area contributed by atoms with Crippen molar-refractivity contribution in [1.29, 1.82) is 0 Å². The molecule has 0 saturated heterocycles. The van der Waals surface area contributed by atoms with E-state index in [4.69, 9.17) is 4.74 Å². The van der Waals surface area contributed by atoms with Crippen LogP contribution in [0.15, 0.2) is 34.5 Å². The lowest BCUT2D eigenvalue weighted by molar-refractivity contribution is 0.186. The first-order chi connectivity index (χ1) is 10.8. The minimum atomic E-state index is -3.69. The molecule has 0 saturated carbocycles. The van der Waals surface area contributed by atoms with E-state index in [0.29, 0.717) is 17.9 Å². The lowest BCUT2D eigenvalue weighted by Crippen LogP contribution is -2.29. The van der Waals surface area contributed by atoms with Crippen LogP contribution in [0.4, 0.5) is 0 Å². The number of aliphatic hydroxyl groups is 1. The highest BCUT2D eigenvalue weighted by molar-refractivity contribution is 7.89. The Morgan fingerprint density at radius 3 is 2.65 bits per heavy atom. The standard InChI is InChI=1S/C16H21NO4S2/c1-4-21-14-8-12(3)16(9-11(14)2)23(19,20)17-10-13(18)15-6-5-7-22-15/h5-9,13,17-18H,4,10H2,1-3H3. The monoisotopic (exact) mass is 355 g/mol. The van der Waals surface area contributed by atoms with Crippen LogP contribution < -0.4 is 9.46 Å². The summed E-state index contributed by atoms with van der Waals surface area (Å²) in [5.41, 5.74) is 1.37. The number of hydrogen-bond acceptors (Lipinski definition) is 5. The van der Waals surface area contributed by atoms with Gasteiger partial charge >= 0.3 is 0 Å². The second-order valence-corrected chi connectivity index (χ2v) is 7.91. The summed E-state index contributed by atoms with van der Waals surface area (Å²) in [6.45, 7) is 5.88. The fourth-order valence-electron chi connectivity index (χ4n) is 2.21. The molecule has 0 fully saturated rings. The lowest BCUT2D eigenvalue weighted by Gasteiger charge is -2.15. The zero-order valence-corrected chi connectivity index (χ0v) is 15.0. The molecule has 0 amide bonds. The van der Waals surface area contributed by atoms with Gasteiger partial charge in [0.1, 0.15) is 11.9 Å². The maximum atomic E-state index is 12.5. The largest absolute Gasteiger partial charge is 0.494 e. The van der Waals surface area contributed by atoms with Crippen LogP contribution in [0, 0.1) is 13.8 Å². The van der Waals surface area contributed by atoms with Crippen LogP contribution in [0.25, 0.3) is 0 Å². The Bertz CT molecular complexity index is 755. The summed E-state index contributed by atoms with van der Waals surface area (Å²) in [6, 6.07) is 6.91. The number of hydrogen-bond donors (Lipinski definition) is 2. The number of sulfonamides is 1. The molecule has 23 heavy (non-hydrogen) atoms. The number of thiophene rings is 1. The summed E-state index contributed by atoms with van der Waals surface area (Å²) in [4.78, 5) is 0.934. The molecular weight excluding hydrogens is 334 g/mol. The van der Waals surface area contributed by atoms with Crippen LogP contribution in [-0.4, -0.2) is 26.7 Å². The van der Waals surface area contributed by atoms with Gasteiger partial charge in [-0.2, -0.15) is 0 Å². The molecule has 0 aliphatic heterocycles. The molecule has 7 heteroatoms. The van der Waals surface area contributed by atoms with E-state index in [1.807, 2.05) is 25.3 Å². The third-order valence-electron chi connectivity index (χ3n) is 3.40. The maximum absolute atomic E-state index is 12.5. The number of benzene rings is 1. The highest BCUT2D eigenvalue weighted by Gasteiger charge is 2.20. The van der Waals surface area contributed by atoms with Crippen LogP contribution >= 0.6 is 11.3 Å². The first-order valence-corrected chi connectivity index (χ1v) is 9.66.